The van der Waals surface area contributed by atoms with Gasteiger partial charge in [-0.3, -0.25) is 9.10 Å². The van der Waals surface area contributed by atoms with E-state index in [9.17, 15) is 13.2 Å². The highest BCUT2D eigenvalue weighted by atomic mass is 32.2. The van der Waals surface area contributed by atoms with Gasteiger partial charge in [0.15, 0.2) is 0 Å². The summed E-state index contributed by atoms with van der Waals surface area (Å²) < 4.78 is 30.5. The number of nitrogens with zero attached hydrogens (tertiary/aromatic N) is 3. The van der Waals surface area contributed by atoms with Crippen LogP contribution in [0.25, 0.3) is 17.5 Å². The minimum absolute atomic E-state index is 0.180. The van der Waals surface area contributed by atoms with Gasteiger partial charge in [0.25, 0.3) is 0 Å². The second-order valence-electron chi connectivity index (χ2n) is 6.84. The molecule has 1 aliphatic rings. The fraction of sp³-hybridized carbons (Fsp3) is 0.190. The topological polar surface area (TPSA) is 105 Å². The van der Waals surface area contributed by atoms with Crippen molar-refractivity contribution < 1.29 is 17.7 Å². The minimum atomic E-state index is -3.20. The molecule has 1 N–H and O–H groups in total. The summed E-state index contributed by atoms with van der Waals surface area (Å²) in [4.78, 5) is 16.6. The molecule has 1 saturated heterocycles. The summed E-state index contributed by atoms with van der Waals surface area (Å²) in [6, 6.07) is 14.2. The van der Waals surface area contributed by atoms with Gasteiger partial charge in [0.05, 0.1) is 17.1 Å². The first kappa shape index (κ1) is 19.8. The van der Waals surface area contributed by atoms with Crippen molar-refractivity contribution in [3.8, 4) is 11.4 Å². The zero-order valence-corrected chi connectivity index (χ0v) is 17.1. The van der Waals surface area contributed by atoms with Gasteiger partial charge in [0.2, 0.25) is 27.6 Å². The average molecular weight is 424 g/mol. The number of hydrogen-bond donors (Lipinski definition) is 1. The smallest absolute Gasteiger partial charge is 0.248 e. The molecule has 154 valence electrons. The Morgan fingerprint density at radius 1 is 1.17 bits per heavy atom. The molecule has 3 aromatic rings. The number of benzene rings is 2. The molecule has 30 heavy (non-hydrogen) atoms. The molecule has 1 amide bonds. The van der Waals surface area contributed by atoms with E-state index < -0.39 is 10.0 Å². The standard InChI is InChI=1S/C21H20N4O4S/c1-15-22-21(24-29-15)18-5-2-3-6-19(18)23-20(26)12-9-16-7-10-17(11-8-16)25-13-4-14-30(25,27)28/h2-3,5-12H,4,13-14H2,1H3,(H,23,26)/b12-9+. The van der Waals surface area contributed by atoms with Crippen LogP contribution in [0.4, 0.5) is 11.4 Å². The molecular weight excluding hydrogens is 404 g/mol. The zero-order valence-electron chi connectivity index (χ0n) is 16.3. The lowest BCUT2D eigenvalue weighted by Gasteiger charge is -2.16. The summed E-state index contributed by atoms with van der Waals surface area (Å²) in [6.07, 6.45) is 3.72. The molecule has 0 saturated carbocycles. The van der Waals surface area contributed by atoms with E-state index in [-0.39, 0.29) is 11.7 Å². The summed E-state index contributed by atoms with van der Waals surface area (Å²) in [5.74, 6) is 0.713. The monoisotopic (exact) mass is 424 g/mol. The number of hydrogen-bond acceptors (Lipinski definition) is 6. The summed E-state index contributed by atoms with van der Waals surface area (Å²) in [7, 11) is -3.20. The number of aryl methyl sites for hydroxylation is 1. The van der Waals surface area contributed by atoms with Crippen molar-refractivity contribution in [1.29, 1.82) is 0 Å². The minimum Gasteiger partial charge on any atom is -0.339 e. The van der Waals surface area contributed by atoms with Crippen LogP contribution in [0, 0.1) is 6.92 Å². The maximum Gasteiger partial charge on any atom is 0.248 e. The van der Waals surface area contributed by atoms with Crippen LogP contribution in [0.15, 0.2) is 59.1 Å². The van der Waals surface area contributed by atoms with Gasteiger partial charge in [0, 0.05) is 25.1 Å². The van der Waals surface area contributed by atoms with Crippen LogP contribution in [0.1, 0.15) is 17.9 Å². The van der Waals surface area contributed by atoms with Crippen LogP contribution in [-0.4, -0.2) is 36.8 Å². The molecule has 0 radical (unpaired) electrons. The summed E-state index contributed by atoms with van der Waals surface area (Å²) in [5.41, 5.74) is 2.65. The number of aromatic nitrogens is 2. The molecule has 8 nitrogen and oxygen atoms in total. The van der Waals surface area contributed by atoms with Crippen molar-refractivity contribution in [2.75, 3.05) is 21.9 Å². The van der Waals surface area contributed by atoms with Crippen LogP contribution >= 0.6 is 0 Å². The van der Waals surface area contributed by atoms with E-state index in [1.54, 1.807) is 55.5 Å². The van der Waals surface area contributed by atoms with Crippen LogP contribution in [0.5, 0.6) is 0 Å². The highest BCUT2D eigenvalue weighted by Crippen LogP contribution is 2.26. The maximum absolute atomic E-state index is 12.4. The lowest BCUT2D eigenvalue weighted by atomic mass is 10.1. The van der Waals surface area contributed by atoms with Crippen LogP contribution in [0.2, 0.25) is 0 Å². The average Bonchev–Trinajstić information content (AvgIpc) is 3.32. The van der Waals surface area contributed by atoms with Crippen LogP contribution in [-0.2, 0) is 14.8 Å². The number of carbonyl (C=O) groups excluding carboxylic acids is 1. The molecule has 0 atom stereocenters. The van der Waals surface area contributed by atoms with Crippen molar-refractivity contribution in [2.45, 2.75) is 13.3 Å². The first-order valence-corrected chi connectivity index (χ1v) is 11.0. The number of amides is 1. The van der Waals surface area contributed by atoms with Gasteiger partial charge in [-0.25, -0.2) is 8.42 Å². The van der Waals surface area contributed by atoms with E-state index in [0.717, 1.165) is 5.56 Å². The number of para-hydroxylation sites is 1. The van der Waals surface area contributed by atoms with Gasteiger partial charge in [-0.05, 0) is 42.3 Å². The van der Waals surface area contributed by atoms with Gasteiger partial charge in [0.1, 0.15) is 0 Å². The van der Waals surface area contributed by atoms with Gasteiger partial charge < -0.3 is 9.84 Å². The first-order valence-electron chi connectivity index (χ1n) is 9.42. The fourth-order valence-electron chi connectivity index (χ4n) is 3.22. The second-order valence-corrected chi connectivity index (χ2v) is 8.85. The Morgan fingerprint density at radius 3 is 2.60 bits per heavy atom. The van der Waals surface area contributed by atoms with E-state index in [1.165, 1.54) is 10.4 Å². The summed E-state index contributed by atoms with van der Waals surface area (Å²) in [5, 5.41) is 6.72. The predicted molar refractivity (Wildman–Crippen MR) is 114 cm³/mol. The molecule has 1 fully saturated rings. The van der Waals surface area contributed by atoms with E-state index in [1.807, 2.05) is 6.07 Å². The molecule has 0 unspecified atom stereocenters. The highest BCUT2D eigenvalue weighted by molar-refractivity contribution is 7.93. The first-order chi connectivity index (χ1) is 14.4. The van der Waals surface area contributed by atoms with Crippen molar-refractivity contribution in [3.05, 3.63) is 66.1 Å². The Hall–Kier alpha value is -3.46. The lowest BCUT2D eigenvalue weighted by molar-refractivity contribution is -0.111. The number of anilines is 2. The largest absolute Gasteiger partial charge is 0.339 e. The van der Waals surface area contributed by atoms with Gasteiger partial charge in [-0.2, -0.15) is 4.98 Å². The van der Waals surface area contributed by atoms with Crippen LogP contribution in [0.3, 0.4) is 0 Å². The maximum atomic E-state index is 12.4. The van der Waals surface area contributed by atoms with E-state index >= 15 is 0 Å². The van der Waals surface area contributed by atoms with Gasteiger partial charge in [-0.1, -0.05) is 29.4 Å². The molecule has 4 rings (SSSR count). The second kappa shape index (κ2) is 8.11. The molecule has 1 aromatic heterocycles. The predicted octanol–water partition coefficient (Wildman–Crippen LogP) is 3.24. The zero-order chi connectivity index (χ0) is 21.1. The number of rotatable bonds is 5. The van der Waals surface area contributed by atoms with Crippen LogP contribution < -0.4 is 9.62 Å². The number of nitrogens with one attached hydrogen (secondary N) is 1. The highest BCUT2D eigenvalue weighted by Gasteiger charge is 2.28. The Kier molecular flexibility index (Phi) is 5.37. The third-order valence-electron chi connectivity index (χ3n) is 4.66. The Morgan fingerprint density at radius 2 is 1.93 bits per heavy atom. The third-order valence-corrected chi connectivity index (χ3v) is 6.53. The molecule has 2 aromatic carbocycles. The molecule has 0 aliphatic carbocycles. The fourth-order valence-corrected chi connectivity index (χ4v) is 4.79. The Labute approximate surface area is 174 Å². The van der Waals surface area contributed by atoms with E-state index in [2.05, 4.69) is 15.5 Å². The Balaban J connectivity index is 1.45. The molecule has 0 bridgehead atoms. The SMILES string of the molecule is Cc1nc(-c2ccccc2NC(=O)/C=C/c2ccc(N3CCCS3(=O)=O)cc2)no1. The Bertz CT molecular complexity index is 1200. The molecule has 2 heterocycles. The van der Waals surface area contributed by atoms with Crippen molar-refractivity contribution in [1.82, 2.24) is 10.1 Å². The number of sulfonamides is 1. The molecule has 9 heteroatoms. The molecule has 0 spiro atoms. The summed E-state index contributed by atoms with van der Waals surface area (Å²) in [6.45, 7) is 2.20. The molecule has 1 aliphatic heterocycles. The third kappa shape index (κ3) is 4.25. The van der Waals surface area contributed by atoms with Gasteiger partial charge >= 0.3 is 0 Å². The van der Waals surface area contributed by atoms with Crippen molar-refractivity contribution in [2.24, 2.45) is 0 Å². The summed E-state index contributed by atoms with van der Waals surface area (Å²) >= 11 is 0. The normalized spacial score (nSPS) is 15.6. The molecular formula is C21H20N4O4S. The van der Waals surface area contributed by atoms with Crippen molar-refractivity contribution in [3.63, 3.8) is 0 Å². The quantitative estimate of drug-likeness (QED) is 0.631. The van der Waals surface area contributed by atoms with E-state index in [0.29, 0.717) is 41.6 Å². The lowest BCUT2D eigenvalue weighted by Crippen LogP contribution is -2.24. The van der Waals surface area contributed by atoms with E-state index in [4.69, 9.17) is 4.52 Å². The number of carbonyl (C=O) groups is 1. The van der Waals surface area contributed by atoms with Gasteiger partial charge in [-0.15, -0.1) is 0 Å². The van der Waals surface area contributed by atoms with Crippen molar-refractivity contribution >= 4 is 33.4 Å².